The molecular formula is C14H16N4. The van der Waals surface area contributed by atoms with Crippen LogP contribution in [-0.4, -0.2) is 0 Å². The van der Waals surface area contributed by atoms with Crippen molar-refractivity contribution in [3.05, 3.63) is 72.9 Å². The predicted molar refractivity (Wildman–Crippen MR) is 72.6 cm³/mol. The summed E-state index contributed by atoms with van der Waals surface area (Å²) >= 11 is 0. The van der Waals surface area contributed by atoms with Crippen LogP contribution in [0.3, 0.4) is 0 Å². The number of rotatable bonds is 0. The highest BCUT2D eigenvalue weighted by Crippen LogP contribution is 1.92. The van der Waals surface area contributed by atoms with Gasteiger partial charge >= 0.3 is 0 Å². The van der Waals surface area contributed by atoms with Crippen LogP contribution in [0.15, 0.2) is 72.9 Å². The van der Waals surface area contributed by atoms with E-state index in [-0.39, 0.29) is 24.6 Å². The zero-order chi connectivity index (χ0) is 9.90. The Morgan fingerprint density at radius 1 is 0.333 bits per heavy atom. The molecule has 0 saturated carbocycles. The van der Waals surface area contributed by atoms with E-state index in [0.717, 1.165) is 12.8 Å². The minimum absolute atomic E-state index is 0. The summed E-state index contributed by atoms with van der Waals surface area (Å²) in [6.45, 7) is 0. The average molecular weight is 240 g/mol. The zero-order valence-electron chi connectivity index (χ0n) is 10.1. The van der Waals surface area contributed by atoms with Crippen molar-refractivity contribution in [2.24, 2.45) is 0 Å². The van der Waals surface area contributed by atoms with Gasteiger partial charge in [0.15, 0.2) is 0 Å². The molecule has 0 aromatic carbocycles. The summed E-state index contributed by atoms with van der Waals surface area (Å²) < 4.78 is 0. The Balaban J connectivity index is -0.000000245. The molecule has 0 fully saturated rings. The highest BCUT2D eigenvalue weighted by molar-refractivity contribution is 5.16. The Hall–Kier alpha value is -1.72. The van der Waals surface area contributed by atoms with Gasteiger partial charge in [0.05, 0.1) is 0 Å². The Bertz CT molecular complexity index is 250. The van der Waals surface area contributed by atoms with Crippen LogP contribution in [0.4, 0.5) is 0 Å². The first-order valence-electron chi connectivity index (χ1n) is 4.97. The first kappa shape index (κ1) is 25.2. The van der Waals surface area contributed by atoms with Crippen LogP contribution in [0, 0.1) is 0 Å². The van der Waals surface area contributed by atoms with E-state index in [4.69, 9.17) is 0 Å². The number of hydrogen-bond acceptors (Lipinski definition) is 0. The lowest BCUT2D eigenvalue weighted by atomic mass is 10.3. The lowest BCUT2D eigenvalue weighted by Gasteiger charge is -1.82. The van der Waals surface area contributed by atoms with Gasteiger partial charge in [0.2, 0.25) is 0 Å². The lowest BCUT2D eigenvalue weighted by molar-refractivity contribution is 1.38. The van der Waals surface area contributed by atoms with Gasteiger partial charge in [-0.15, -0.1) is 0 Å². The van der Waals surface area contributed by atoms with Crippen molar-refractivity contribution >= 4 is 0 Å². The maximum atomic E-state index is 2.14. The maximum absolute atomic E-state index is 2.14. The Labute approximate surface area is 111 Å². The molecular weight excluding hydrogens is 224 g/mol. The summed E-state index contributed by atoms with van der Waals surface area (Å²) in [6.07, 6.45) is 27.0. The van der Waals surface area contributed by atoms with Crippen molar-refractivity contribution in [1.29, 1.82) is 0 Å². The average Bonchev–Trinajstić information content (AvgIpc) is 2.22. The molecule has 1 aliphatic carbocycles. The first-order valence-corrected chi connectivity index (χ1v) is 4.97. The molecule has 0 unspecified atom stereocenters. The third kappa shape index (κ3) is 16.7. The minimum Gasteiger partial charge on any atom is -0.0807 e. The second kappa shape index (κ2) is 20.7. The third-order valence-electron chi connectivity index (χ3n) is 1.76. The monoisotopic (exact) mass is 240 g/mol. The van der Waals surface area contributed by atoms with Crippen molar-refractivity contribution in [1.82, 2.24) is 24.6 Å². The molecule has 0 amide bonds. The normalized spacial score (nSPS) is 13.3. The van der Waals surface area contributed by atoms with Gasteiger partial charge in [0, 0.05) is 24.6 Å². The lowest BCUT2D eigenvalue weighted by Crippen LogP contribution is -1.60. The summed E-state index contributed by atoms with van der Waals surface area (Å²) in [5.74, 6) is 0. The van der Waals surface area contributed by atoms with Crippen LogP contribution in [-0.2, 0) is 0 Å². The molecule has 0 aromatic heterocycles. The molecule has 0 aromatic rings. The zero-order valence-corrected chi connectivity index (χ0v) is 10.1. The van der Waals surface area contributed by atoms with E-state index in [0.29, 0.717) is 0 Å². The molecule has 0 aliphatic heterocycles. The van der Waals surface area contributed by atoms with E-state index >= 15 is 0 Å². The van der Waals surface area contributed by atoms with Crippen LogP contribution in [0.2, 0.25) is 0 Å². The van der Waals surface area contributed by atoms with Gasteiger partial charge in [-0.25, -0.2) is 0 Å². The van der Waals surface area contributed by atoms with Gasteiger partial charge in [-0.1, -0.05) is 72.9 Å². The molecule has 0 heterocycles. The molecule has 0 bridgehead atoms. The summed E-state index contributed by atoms with van der Waals surface area (Å²) in [5, 5.41) is 0. The van der Waals surface area contributed by atoms with E-state index < -0.39 is 0 Å². The van der Waals surface area contributed by atoms with E-state index in [2.05, 4.69) is 72.9 Å². The van der Waals surface area contributed by atoms with Gasteiger partial charge in [0.1, 0.15) is 0 Å². The topological polar surface area (TPSA) is 122 Å². The highest BCUT2D eigenvalue weighted by Gasteiger charge is 1.71. The van der Waals surface area contributed by atoms with Crippen LogP contribution in [0.1, 0.15) is 12.8 Å². The van der Waals surface area contributed by atoms with Gasteiger partial charge in [-0.05, 0) is 12.8 Å². The van der Waals surface area contributed by atoms with Gasteiger partial charge < -0.3 is 0 Å². The van der Waals surface area contributed by atoms with Gasteiger partial charge in [-0.2, -0.15) is 0 Å². The molecule has 4 nitrogen and oxygen atoms in total. The third-order valence-corrected chi connectivity index (χ3v) is 1.76. The Kier molecular flexibility index (Phi) is 28.9. The fourth-order valence-electron chi connectivity index (χ4n) is 1.04. The molecule has 0 spiro atoms. The van der Waals surface area contributed by atoms with Gasteiger partial charge in [-0.3, -0.25) is 0 Å². The van der Waals surface area contributed by atoms with Crippen molar-refractivity contribution in [3.63, 3.8) is 0 Å². The van der Waals surface area contributed by atoms with Crippen LogP contribution >= 0.6 is 0 Å². The minimum atomic E-state index is 0. The fraction of sp³-hybridized carbons (Fsp3) is 0.143. The molecule has 1 rings (SSSR count). The number of nitrogens with zero attached hydrogens (tertiary/aromatic N) is 4. The van der Waals surface area contributed by atoms with E-state index in [1.807, 2.05) is 0 Å². The standard InChI is InChI=1S/C14H16.4N/c1-2-4-6-8-10-12-14-13-11-9-7-5-3-1;;;;/h1-6,9-14H,7-8H2;;;;. The molecule has 0 N–H and O–H groups in total. The quantitative estimate of drug-likeness (QED) is 0.616. The summed E-state index contributed by atoms with van der Waals surface area (Å²) in [5.41, 5.74) is 0. The largest absolute Gasteiger partial charge is 0.0807 e. The molecule has 1 aliphatic rings. The molecule has 12 radical (unpaired) electrons. The van der Waals surface area contributed by atoms with E-state index in [1.165, 1.54) is 0 Å². The summed E-state index contributed by atoms with van der Waals surface area (Å²) in [7, 11) is 0. The smallest absolute Gasteiger partial charge is 0 e. The Morgan fingerprint density at radius 2 is 0.556 bits per heavy atom. The highest BCUT2D eigenvalue weighted by atomic mass is 14.0. The van der Waals surface area contributed by atoms with Crippen molar-refractivity contribution < 1.29 is 0 Å². The predicted octanol–water partition coefficient (Wildman–Crippen LogP) is 2.20. The summed E-state index contributed by atoms with van der Waals surface area (Å²) in [6, 6.07) is 0. The van der Waals surface area contributed by atoms with Crippen LogP contribution < -0.4 is 24.6 Å². The van der Waals surface area contributed by atoms with Crippen molar-refractivity contribution in [2.75, 3.05) is 0 Å². The van der Waals surface area contributed by atoms with E-state index in [9.17, 15) is 0 Å². The van der Waals surface area contributed by atoms with Crippen LogP contribution in [0.25, 0.3) is 0 Å². The molecule has 4 heteroatoms. The molecule has 0 atom stereocenters. The molecule has 92 valence electrons. The van der Waals surface area contributed by atoms with Crippen molar-refractivity contribution in [2.45, 2.75) is 12.8 Å². The van der Waals surface area contributed by atoms with Crippen molar-refractivity contribution in [3.8, 4) is 0 Å². The molecule has 0 saturated heterocycles. The number of allylic oxidation sites excluding steroid dienone is 12. The van der Waals surface area contributed by atoms with E-state index in [1.54, 1.807) is 0 Å². The second-order valence-electron chi connectivity index (χ2n) is 2.95. The summed E-state index contributed by atoms with van der Waals surface area (Å²) in [4.78, 5) is 0. The second-order valence-corrected chi connectivity index (χ2v) is 2.95. The van der Waals surface area contributed by atoms with Crippen LogP contribution in [0.5, 0.6) is 0 Å². The molecule has 18 heavy (non-hydrogen) atoms. The number of hydrogen-bond donors (Lipinski definition) is 0. The Morgan fingerprint density at radius 3 is 0.778 bits per heavy atom. The fourth-order valence-corrected chi connectivity index (χ4v) is 1.04. The first-order chi connectivity index (χ1) is 7.00. The SMILES string of the molecule is C1=CC=CCC=CC=CC=CCC=C1.[N].[N].[N].[N]. The maximum Gasteiger partial charge on any atom is 0 e. The van der Waals surface area contributed by atoms with Gasteiger partial charge in [0.25, 0.3) is 0 Å².